The summed E-state index contributed by atoms with van der Waals surface area (Å²) < 4.78 is 5.32. The van der Waals surface area contributed by atoms with Crippen LogP contribution >= 0.6 is 0 Å². The van der Waals surface area contributed by atoms with Crippen LogP contribution in [-0.2, 0) is 17.6 Å². The van der Waals surface area contributed by atoms with Gasteiger partial charge in [0.05, 0.1) is 13.2 Å². The summed E-state index contributed by atoms with van der Waals surface area (Å²) >= 11 is 0. The lowest BCUT2D eigenvalue weighted by Gasteiger charge is -2.26. The number of fused-ring (bicyclic) bond motifs is 1. The van der Waals surface area contributed by atoms with Crippen molar-refractivity contribution in [3.8, 4) is 0 Å². The predicted molar refractivity (Wildman–Crippen MR) is 79.4 cm³/mol. The largest absolute Gasteiger partial charge is 0.379 e. The number of ether oxygens (including phenoxy) is 1. The van der Waals surface area contributed by atoms with E-state index in [4.69, 9.17) is 4.74 Å². The van der Waals surface area contributed by atoms with Crippen molar-refractivity contribution in [1.29, 1.82) is 0 Å². The van der Waals surface area contributed by atoms with Crippen LogP contribution in [0.15, 0.2) is 0 Å². The Morgan fingerprint density at radius 1 is 1.24 bits per heavy atom. The van der Waals surface area contributed by atoms with Crippen molar-refractivity contribution in [2.45, 2.75) is 32.1 Å². The van der Waals surface area contributed by atoms with E-state index < -0.39 is 0 Å². The summed E-state index contributed by atoms with van der Waals surface area (Å²) in [6.07, 6.45) is 5.57. The molecule has 1 saturated heterocycles. The number of aryl methyl sites for hydroxylation is 1. The van der Waals surface area contributed by atoms with E-state index in [1.807, 2.05) is 0 Å². The maximum atomic E-state index is 12.3. The number of nitrogens with zero attached hydrogens (tertiary/aromatic N) is 2. The van der Waals surface area contributed by atoms with Gasteiger partial charge < -0.3 is 10.1 Å². The number of aromatic amines is 1. The van der Waals surface area contributed by atoms with E-state index in [1.165, 1.54) is 12.8 Å². The monoisotopic (exact) mass is 292 g/mol. The van der Waals surface area contributed by atoms with Crippen LogP contribution in [0.4, 0.5) is 0 Å². The van der Waals surface area contributed by atoms with Gasteiger partial charge in [0.2, 0.25) is 0 Å². The third kappa shape index (κ3) is 3.63. The van der Waals surface area contributed by atoms with Gasteiger partial charge in [0.1, 0.15) is 0 Å². The minimum atomic E-state index is -0.0392. The lowest BCUT2D eigenvalue weighted by Crippen LogP contribution is -2.41. The fourth-order valence-electron chi connectivity index (χ4n) is 3.08. The van der Waals surface area contributed by atoms with Crippen molar-refractivity contribution < 1.29 is 9.53 Å². The minimum absolute atomic E-state index is 0.0392. The number of hydrogen-bond acceptors (Lipinski definition) is 4. The molecule has 2 N–H and O–H groups in total. The molecule has 2 aliphatic rings. The highest BCUT2D eigenvalue weighted by Crippen LogP contribution is 2.21. The van der Waals surface area contributed by atoms with Gasteiger partial charge in [0.15, 0.2) is 5.69 Å². The second-order valence-corrected chi connectivity index (χ2v) is 5.80. The number of carbonyl (C=O) groups is 1. The van der Waals surface area contributed by atoms with Crippen molar-refractivity contribution in [3.63, 3.8) is 0 Å². The smallest absolute Gasteiger partial charge is 0.272 e. The van der Waals surface area contributed by atoms with E-state index in [2.05, 4.69) is 20.4 Å². The second-order valence-electron chi connectivity index (χ2n) is 5.80. The van der Waals surface area contributed by atoms with Gasteiger partial charge in [-0.15, -0.1) is 0 Å². The van der Waals surface area contributed by atoms with Crippen molar-refractivity contribution in [2.75, 3.05) is 39.4 Å². The highest BCUT2D eigenvalue weighted by atomic mass is 16.5. The van der Waals surface area contributed by atoms with Crippen LogP contribution < -0.4 is 5.32 Å². The summed E-state index contributed by atoms with van der Waals surface area (Å²) in [6.45, 7) is 5.03. The topological polar surface area (TPSA) is 70.2 Å². The van der Waals surface area contributed by atoms with Crippen LogP contribution in [0, 0.1) is 0 Å². The molecular weight excluding hydrogens is 268 g/mol. The van der Waals surface area contributed by atoms with Gasteiger partial charge in [-0.2, -0.15) is 5.10 Å². The van der Waals surface area contributed by atoms with E-state index >= 15 is 0 Å². The second kappa shape index (κ2) is 7.04. The standard InChI is InChI=1S/C15H24N4O2/c20-15(16-6-7-19-8-10-21-11-9-19)14-12-4-2-1-3-5-13(12)17-18-14/h1-11H2,(H,16,20)(H,17,18). The fourth-order valence-corrected chi connectivity index (χ4v) is 3.08. The Morgan fingerprint density at radius 3 is 2.90 bits per heavy atom. The molecule has 0 atom stereocenters. The highest BCUT2D eigenvalue weighted by Gasteiger charge is 2.20. The molecule has 6 nitrogen and oxygen atoms in total. The molecule has 1 aliphatic carbocycles. The fraction of sp³-hybridized carbons (Fsp3) is 0.733. The first-order valence-electron chi connectivity index (χ1n) is 7.99. The summed E-state index contributed by atoms with van der Waals surface area (Å²) in [6, 6.07) is 0. The van der Waals surface area contributed by atoms with E-state index in [0.29, 0.717) is 12.2 Å². The van der Waals surface area contributed by atoms with Crippen LogP contribution in [0.1, 0.15) is 41.0 Å². The molecule has 1 aromatic rings. The van der Waals surface area contributed by atoms with Crippen molar-refractivity contribution in [3.05, 3.63) is 17.0 Å². The molecule has 0 spiro atoms. The first-order valence-corrected chi connectivity index (χ1v) is 7.99. The van der Waals surface area contributed by atoms with Gasteiger partial charge in [-0.25, -0.2) is 0 Å². The highest BCUT2D eigenvalue weighted by molar-refractivity contribution is 5.94. The third-order valence-corrected chi connectivity index (χ3v) is 4.34. The van der Waals surface area contributed by atoms with Gasteiger partial charge in [-0.1, -0.05) is 6.42 Å². The van der Waals surface area contributed by atoms with Crippen molar-refractivity contribution in [1.82, 2.24) is 20.4 Å². The molecule has 116 valence electrons. The lowest BCUT2D eigenvalue weighted by atomic mass is 10.1. The molecule has 0 unspecified atom stereocenters. The molecule has 21 heavy (non-hydrogen) atoms. The number of morpholine rings is 1. The molecular formula is C15H24N4O2. The van der Waals surface area contributed by atoms with Crippen LogP contribution in [0.3, 0.4) is 0 Å². The van der Waals surface area contributed by atoms with E-state index in [0.717, 1.165) is 63.4 Å². The van der Waals surface area contributed by atoms with Gasteiger partial charge in [-0.05, 0) is 25.7 Å². The first-order chi connectivity index (χ1) is 10.3. The van der Waals surface area contributed by atoms with Gasteiger partial charge in [0, 0.05) is 37.4 Å². The summed E-state index contributed by atoms with van der Waals surface area (Å²) in [5, 5.41) is 10.3. The number of amides is 1. The summed E-state index contributed by atoms with van der Waals surface area (Å²) in [7, 11) is 0. The summed E-state index contributed by atoms with van der Waals surface area (Å²) in [5.41, 5.74) is 2.90. The molecule has 3 rings (SSSR count). The van der Waals surface area contributed by atoms with Crippen LogP contribution in [0.25, 0.3) is 0 Å². The number of carbonyl (C=O) groups excluding carboxylic acids is 1. The molecule has 0 saturated carbocycles. The molecule has 2 heterocycles. The maximum Gasteiger partial charge on any atom is 0.272 e. The number of nitrogens with one attached hydrogen (secondary N) is 2. The Morgan fingerprint density at radius 2 is 2.05 bits per heavy atom. The van der Waals surface area contributed by atoms with E-state index in [9.17, 15) is 4.79 Å². The molecule has 1 fully saturated rings. The normalized spacial score (nSPS) is 19.8. The zero-order valence-electron chi connectivity index (χ0n) is 12.5. The first kappa shape index (κ1) is 14.5. The van der Waals surface area contributed by atoms with Gasteiger partial charge in [-0.3, -0.25) is 14.8 Å². The average Bonchev–Trinajstić information content (AvgIpc) is 2.77. The maximum absolute atomic E-state index is 12.3. The molecule has 0 radical (unpaired) electrons. The lowest BCUT2D eigenvalue weighted by molar-refractivity contribution is 0.0383. The SMILES string of the molecule is O=C(NCCN1CCOCC1)c1n[nH]c2c1CCCCC2. The Kier molecular flexibility index (Phi) is 4.87. The summed E-state index contributed by atoms with van der Waals surface area (Å²) in [4.78, 5) is 14.6. The Labute approximate surface area is 125 Å². The average molecular weight is 292 g/mol. The van der Waals surface area contributed by atoms with Crippen LogP contribution in [0.5, 0.6) is 0 Å². The van der Waals surface area contributed by atoms with Crippen molar-refractivity contribution in [2.24, 2.45) is 0 Å². The molecule has 1 aromatic heterocycles. The Balaban J connectivity index is 1.52. The predicted octanol–water partition coefficient (Wildman–Crippen LogP) is 0.741. The molecule has 0 bridgehead atoms. The zero-order valence-corrected chi connectivity index (χ0v) is 12.5. The third-order valence-electron chi connectivity index (χ3n) is 4.34. The van der Waals surface area contributed by atoms with Crippen LogP contribution in [0.2, 0.25) is 0 Å². The van der Waals surface area contributed by atoms with E-state index in [1.54, 1.807) is 0 Å². The number of hydrogen-bond donors (Lipinski definition) is 2. The quantitative estimate of drug-likeness (QED) is 0.803. The minimum Gasteiger partial charge on any atom is -0.379 e. The molecule has 1 aliphatic heterocycles. The number of rotatable bonds is 4. The zero-order chi connectivity index (χ0) is 14.5. The van der Waals surface area contributed by atoms with Gasteiger partial charge in [0.25, 0.3) is 5.91 Å². The summed E-state index contributed by atoms with van der Waals surface area (Å²) in [5.74, 6) is -0.0392. The Hall–Kier alpha value is -1.40. The molecule has 0 aromatic carbocycles. The Bertz CT molecular complexity index is 480. The number of H-pyrrole nitrogens is 1. The molecule has 1 amide bonds. The number of aromatic nitrogens is 2. The van der Waals surface area contributed by atoms with Gasteiger partial charge >= 0.3 is 0 Å². The molecule has 6 heteroatoms. The van der Waals surface area contributed by atoms with Crippen molar-refractivity contribution >= 4 is 5.91 Å². The van der Waals surface area contributed by atoms with Crippen LogP contribution in [-0.4, -0.2) is 60.4 Å². The van der Waals surface area contributed by atoms with E-state index in [-0.39, 0.29) is 5.91 Å².